The van der Waals surface area contributed by atoms with E-state index in [1.807, 2.05) is 59.2 Å². The van der Waals surface area contributed by atoms with Crippen molar-refractivity contribution in [2.24, 2.45) is 0 Å². The monoisotopic (exact) mass is 380 g/mol. The number of carboxylic acid groups (broad SMARTS) is 1. The summed E-state index contributed by atoms with van der Waals surface area (Å²) < 4.78 is 18.2. The Morgan fingerprint density at radius 2 is 1.57 bits per heavy atom. The number of benzene rings is 2. The number of rotatable bonds is 8. The van der Waals surface area contributed by atoms with Crippen LogP contribution in [0.15, 0.2) is 54.6 Å². The third kappa shape index (κ3) is 3.96. The first kappa shape index (κ1) is 19.4. The lowest BCUT2D eigenvalue weighted by atomic mass is 10.1. The van der Waals surface area contributed by atoms with Crippen molar-refractivity contribution >= 4 is 5.97 Å². The summed E-state index contributed by atoms with van der Waals surface area (Å²) in [7, 11) is 4.82. The van der Waals surface area contributed by atoms with Gasteiger partial charge in [0.2, 0.25) is 0 Å². The molecule has 0 N–H and O–H groups in total. The van der Waals surface area contributed by atoms with Crippen LogP contribution in [0.3, 0.4) is 0 Å². The lowest BCUT2D eigenvalue weighted by Gasteiger charge is -2.18. The fraction of sp³-hybridized carbons (Fsp3) is 0.227. The van der Waals surface area contributed by atoms with Crippen LogP contribution in [0.4, 0.5) is 0 Å². The molecule has 3 aromatic rings. The minimum atomic E-state index is -1.09. The van der Waals surface area contributed by atoms with E-state index in [1.165, 1.54) is 0 Å². The summed E-state index contributed by atoms with van der Waals surface area (Å²) in [6.45, 7) is 0. The summed E-state index contributed by atoms with van der Waals surface area (Å²) in [5, 5.41) is 11.0. The van der Waals surface area contributed by atoms with Crippen LogP contribution in [0.5, 0.6) is 17.2 Å². The van der Waals surface area contributed by atoms with Crippen LogP contribution in [0.25, 0.3) is 16.9 Å². The third-order valence-corrected chi connectivity index (χ3v) is 4.56. The molecule has 0 radical (unpaired) electrons. The van der Waals surface area contributed by atoms with E-state index in [2.05, 4.69) is 0 Å². The second kappa shape index (κ2) is 8.52. The van der Waals surface area contributed by atoms with E-state index in [4.69, 9.17) is 14.2 Å². The third-order valence-electron chi connectivity index (χ3n) is 4.56. The van der Waals surface area contributed by atoms with Crippen LogP contribution < -0.4 is 19.3 Å². The normalized spacial score (nSPS) is 10.5. The molecule has 0 bridgehead atoms. The minimum absolute atomic E-state index is 0.0711. The van der Waals surface area contributed by atoms with Gasteiger partial charge in [-0.3, -0.25) is 0 Å². The molecule has 0 fully saturated rings. The number of aromatic nitrogens is 1. The largest absolute Gasteiger partial charge is 0.550 e. The van der Waals surface area contributed by atoms with Crippen molar-refractivity contribution in [3.8, 4) is 34.2 Å². The number of hydrogen-bond donors (Lipinski definition) is 0. The van der Waals surface area contributed by atoms with Crippen molar-refractivity contribution in [1.29, 1.82) is 0 Å². The fourth-order valence-electron chi connectivity index (χ4n) is 3.15. The Morgan fingerprint density at radius 1 is 0.893 bits per heavy atom. The molecule has 28 heavy (non-hydrogen) atoms. The topological polar surface area (TPSA) is 72.8 Å². The number of carbonyl (C=O) groups is 1. The van der Waals surface area contributed by atoms with Crippen molar-refractivity contribution in [2.45, 2.75) is 12.8 Å². The number of aliphatic carboxylic acids is 1. The molecule has 0 aliphatic rings. The number of carboxylic acids is 1. The second-order valence-electron chi connectivity index (χ2n) is 6.18. The Bertz CT molecular complexity index is 960. The van der Waals surface area contributed by atoms with E-state index in [0.717, 1.165) is 28.4 Å². The van der Waals surface area contributed by atoms with Crippen LogP contribution in [-0.2, 0) is 11.2 Å². The molecule has 0 unspecified atom stereocenters. The molecule has 6 heteroatoms. The summed E-state index contributed by atoms with van der Waals surface area (Å²) in [6, 6.07) is 17.1. The van der Waals surface area contributed by atoms with Gasteiger partial charge in [0.25, 0.3) is 0 Å². The summed E-state index contributed by atoms with van der Waals surface area (Å²) in [6.07, 6.45) is 0.261. The lowest BCUT2D eigenvalue weighted by Crippen LogP contribution is -2.22. The molecule has 1 aromatic heterocycles. The van der Waals surface area contributed by atoms with Gasteiger partial charge in [-0.05, 0) is 66.9 Å². The van der Waals surface area contributed by atoms with E-state index in [0.29, 0.717) is 17.9 Å². The first-order chi connectivity index (χ1) is 13.6. The molecule has 0 saturated heterocycles. The quantitative estimate of drug-likeness (QED) is 0.601. The number of methoxy groups -OCH3 is 3. The molecule has 0 atom stereocenters. The van der Waals surface area contributed by atoms with Gasteiger partial charge in [0, 0.05) is 17.7 Å². The molecule has 3 rings (SSSR count). The van der Waals surface area contributed by atoms with Crippen LogP contribution in [0.1, 0.15) is 12.1 Å². The van der Waals surface area contributed by atoms with Crippen molar-refractivity contribution in [3.63, 3.8) is 0 Å². The Labute approximate surface area is 163 Å². The molecule has 0 saturated carbocycles. The number of hydrogen-bond acceptors (Lipinski definition) is 5. The number of nitrogens with zero attached hydrogens (tertiary/aromatic N) is 1. The predicted octanol–water partition coefficient (Wildman–Crippen LogP) is 2.85. The summed E-state index contributed by atoms with van der Waals surface area (Å²) >= 11 is 0. The molecule has 1 heterocycles. The minimum Gasteiger partial charge on any atom is -0.550 e. The Morgan fingerprint density at radius 3 is 2.18 bits per heavy atom. The molecule has 0 spiro atoms. The summed E-state index contributed by atoms with van der Waals surface area (Å²) in [5.74, 6) is 1.01. The van der Waals surface area contributed by atoms with Gasteiger partial charge in [0.1, 0.15) is 17.2 Å². The zero-order valence-corrected chi connectivity index (χ0v) is 16.1. The Kier molecular flexibility index (Phi) is 5.89. The van der Waals surface area contributed by atoms with Crippen LogP contribution in [-0.4, -0.2) is 31.9 Å². The van der Waals surface area contributed by atoms with Crippen molar-refractivity contribution in [2.75, 3.05) is 21.3 Å². The standard InChI is InChI=1S/C22H23NO5/c1-26-17-8-4-15(5-9-17)19-11-6-16(7-13-22(24)25)23(19)20-14-18(27-2)10-12-21(20)28-3/h4-6,8-12,14H,7,13H2,1-3H3,(H,24,25)/p-1. The first-order valence-electron chi connectivity index (χ1n) is 8.84. The maximum absolute atomic E-state index is 11.0. The van der Waals surface area contributed by atoms with E-state index in [9.17, 15) is 9.90 Å². The molecular formula is C22H22NO5-. The van der Waals surface area contributed by atoms with Crippen LogP contribution >= 0.6 is 0 Å². The SMILES string of the molecule is COc1ccc(-c2ccc(CCC(=O)[O-])n2-c2cc(OC)ccc2OC)cc1. The average molecular weight is 380 g/mol. The molecule has 146 valence electrons. The van der Waals surface area contributed by atoms with E-state index >= 15 is 0 Å². The maximum Gasteiger partial charge on any atom is 0.143 e. The van der Waals surface area contributed by atoms with Crippen molar-refractivity contribution < 1.29 is 24.1 Å². The lowest BCUT2D eigenvalue weighted by molar-refractivity contribution is -0.305. The highest BCUT2D eigenvalue weighted by Gasteiger charge is 2.16. The predicted molar refractivity (Wildman–Crippen MR) is 104 cm³/mol. The van der Waals surface area contributed by atoms with E-state index in [1.54, 1.807) is 21.3 Å². The Hall–Kier alpha value is -3.41. The van der Waals surface area contributed by atoms with E-state index in [-0.39, 0.29) is 6.42 Å². The average Bonchev–Trinajstić information content (AvgIpc) is 3.15. The maximum atomic E-state index is 11.0. The molecule has 2 aromatic carbocycles. The van der Waals surface area contributed by atoms with Crippen molar-refractivity contribution in [1.82, 2.24) is 4.57 Å². The number of carbonyl (C=O) groups excluding carboxylic acids is 1. The van der Waals surface area contributed by atoms with Gasteiger partial charge >= 0.3 is 0 Å². The molecular weight excluding hydrogens is 358 g/mol. The van der Waals surface area contributed by atoms with Gasteiger partial charge in [-0.25, -0.2) is 0 Å². The van der Waals surface area contributed by atoms with Crippen molar-refractivity contribution in [3.05, 3.63) is 60.3 Å². The van der Waals surface area contributed by atoms with Gasteiger partial charge in [-0.15, -0.1) is 0 Å². The zero-order chi connectivity index (χ0) is 20.1. The highest BCUT2D eigenvalue weighted by molar-refractivity contribution is 5.68. The molecule has 0 aliphatic carbocycles. The van der Waals surface area contributed by atoms with Gasteiger partial charge in [-0.2, -0.15) is 0 Å². The first-order valence-corrected chi connectivity index (χ1v) is 8.84. The molecule has 0 amide bonds. The molecule has 6 nitrogen and oxygen atoms in total. The highest BCUT2D eigenvalue weighted by atomic mass is 16.5. The van der Waals surface area contributed by atoms with E-state index < -0.39 is 5.97 Å². The second-order valence-corrected chi connectivity index (χ2v) is 6.18. The van der Waals surface area contributed by atoms with Gasteiger partial charge < -0.3 is 28.7 Å². The van der Waals surface area contributed by atoms with Gasteiger partial charge in [0.15, 0.2) is 0 Å². The smallest absolute Gasteiger partial charge is 0.143 e. The van der Waals surface area contributed by atoms with Crippen LogP contribution in [0.2, 0.25) is 0 Å². The number of aryl methyl sites for hydroxylation is 1. The molecule has 0 aliphatic heterocycles. The number of ether oxygens (including phenoxy) is 3. The highest BCUT2D eigenvalue weighted by Crippen LogP contribution is 2.35. The zero-order valence-electron chi connectivity index (χ0n) is 16.1. The summed E-state index contributed by atoms with van der Waals surface area (Å²) in [5.41, 5.74) is 3.47. The van der Waals surface area contributed by atoms with Gasteiger partial charge in [0.05, 0.1) is 32.7 Å². The van der Waals surface area contributed by atoms with Gasteiger partial charge in [-0.1, -0.05) is 0 Å². The fourth-order valence-corrected chi connectivity index (χ4v) is 3.15. The Balaban J connectivity index is 2.18. The summed E-state index contributed by atoms with van der Waals surface area (Å²) in [4.78, 5) is 11.0. The van der Waals surface area contributed by atoms with Crippen LogP contribution in [0, 0.1) is 0 Å².